The van der Waals surface area contributed by atoms with Crippen LogP contribution in [0.5, 0.6) is 11.5 Å². The molecule has 0 radical (unpaired) electrons. The van der Waals surface area contributed by atoms with E-state index in [1.54, 1.807) is 60.7 Å². The van der Waals surface area contributed by atoms with E-state index in [2.05, 4.69) is 15.9 Å². The fraction of sp³-hybridized carbons (Fsp3) is 0.172. The van der Waals surface area contributed by atoms with Crippen LogP contribution in [0.3, 0.4) is 0 Å². The summed E-state index contributed by atoms with van der Waals surface area (Å²) in [6.07, 6.45) is 0. The summed E-state index contributed by atoms with van der Waals surface area (Å²) in [5, 5.41) is 11.8. The number of aliphatic hydroxyl groups excluding tert-OH is 1. The highest BCUT2D eigenvalue weighted by atomic mass is 79.9. The molecule has 4 aromatic rings. The number of benzene rings is 3. The van der Waals surface area contributed by atoms with E-state index in [1.807, 2.05) is 26.0 Å². The number of fused-ring (bicyclic) bond motifs is 1. The fourth-order valence-corrected chi connectivity index (χ4v) is 4.87. The molecule has 1 aliphatic rings. The molecule has 3 aromatic carbocycles. The van der Waals surface area contributed by atoms with Crippen molar-refractivity contribution >= 4 is 44.3 Å². The van der Waals surface area contributed by atoms with E-state index >= 15 is 0 Å². The summed E-state index contributed by atoms with van der Waals surface area (Å²) in [4.78, 5) is 28.7. The minimum absolute atomic E-state index is 0.0296. The van der Waals surface area contributed by atoms with Crippen molar-refractivity contribution in [2.45, 2.75) is 19.9 Å². The number of aliphatic hydroxyl groups is 1. The number of Topliss-reactive ketones (excluding diaryl/α,β-unsaturated/α-hetero) is 1. The molecule has 37 heavy (non-hydrogen) atoms. The van der Waals surface area contributed by atoms with Gasteiger partial charge in [-0.2, -0.15) is 0 Å². The molecule has 1 aliphatic heterocycles. The molecule has 1 amide bonds. The topological polar surface area (TPSA) is 89.2 Å². The molecule has 0 spiro atoms. The zero-order valence-corrected chi connectivity index (χ0v) is 21.8. The van der Waals surface area contributed by atoms with E-state index in [0.29, 0.717) is 41.5 Å². The smallest absolute Gasteiger partial charge is 0.294 e. The number of ether oxygens (including phenoxy) is 2. The lowest BCUT2D eigenvalue weighted by Crippen LogP contribution is -2.31. The maximum Gasteiger partial charge on any atom is 0.294 e. The van der Waals surface area contributed by atoms with Crippen LogP contribution in [-0.4, -0.2) is 30.0 Å². The summed E-state index contributed by atoms with van der Waals surface area (Å²) >= 11 is 3.42. The largest absolute Gasteiger partial charge is 0.503 e. The van der Waals surface area contributed by atoms with Crippen LogP contribution in [0.1, 0.15) is 36.0 Å². The van der Waals surface area contributed by atoms with Gasteiger partial charge in [-0.25, -0.2) is 0 Å². The van der Waals surface area contributed by atoms with Crippen molar-refractivity contribution in [2.75, 3.05) is 18.1 Å². The number of carbonyl (C=O) groups excluding carboxylic acids is 2. The van der Waals surface area contributed by atoms with Gasteiger partial charge in [-0.3, -0.25) is 14.5 Å². The number of halogens is 1. The fourth-order valence-electron chi connectivity index (χ4n) is 4.49. The Morgan fingerprint density at radius 1 is 0.973 bits per heavy atom. The van der Waals surface area contributed by atoms with Gasteiger partial charge >= 0.3 is 0 Å². The molecule has 0 saturated heterocycles. The minimum atomic E-state index is -0.904. The van der Waals surface area contributed by atoms with Crippen molar-refractivity contribution in [1.82, 2.24) is 0 Å². The van der Waals surface area contributed by atoms with Gasteiger partial charge < -0.3 is 19.0 Å². The molecular weight excluding hydrogens is 538 g/mol. The highest BCUT2D eigenvalue weighted by molar-refractivity contribution is 9.10. The first kappa shape index (κ1) is 24.6. The lowest BCUT2D eigenvalue weighted by Gasteiger charge is -2.27. The van der Waals surface area contributed by atoms with E-state index in [-0.39, 0.29) is 11.3 Å². The van der Waals surface area contributed by atoms with Gasteiger partial charge in [-0.15, -0.1) is 0 Å². The number of ketones is 1. The molecule has 7 nitrogen and oxygen atoms in total. The predicted octanol–water partition coefficient (Wildman–Crippen LogP) is 6.78. The van der Waals surface area contributed by atoms with Crippen molar-refractivity contribution in [2.24, 2.45) is 0 Å². The van der Waals surface area contributed by atoms with Gasteiger partial charge in [0.15, 0.2) is 11.5 Å². The standard InChI is InChI=1S/C29H24BrNO6/c1-3-35-21-11-9-20(10-12-21)31-26(17-6-5-7-22(15-17)36-4-2)25(28(33)29(31)34)27(32)24-16-18-14-19(30)8-13-23(18)37-24/h5-16,26,33H,3-4H2,1-2H3. The first-order chi connectivity index (χ1) is 17.9. The second kappa shape index (κ2) is 10.1. The number of anilines is 1. The molecule has 5 rings (SSSR count). The van der Waals surface area contributed by atoms with Crippen LogP contribution in [0.2, 0.25) is 0 Å². The van der Waals surface area contributed by atoms with E-state index in [9.17, 15) is 14.7 Å². The predicted molar refractivity (Wildman–Crippen MR) is 143 cm³/mol. The average molecular weight is 562 g/mol. The van der Waals surface area contributed by atoms with Gasteiger partial charge in [-0.05, 0) is 80.1 Å². The van der Waals surface area contributed by atoms with E-state index in [1.165, 1.54) is 4.90 Å². The van der Waals surface area contributed by atoms with Crippen molar-refractivity contribution in [3.63, 3.8) is 0 Å². The number of hydrogen-bond donors (Lipinski definition) is 1. The SMILES string of the molecule is CCOc1ccc(N2C(=O)C(O)=C(C(=O)c3cc4cc(Br)ccc4o3)C2c2cccc(OCC)c2)cc1. The summed E-state index contributed by atoms with van der Waals surface area (Å²) in [7, 11) is 0. The van der Waals surface area contributed by atoms with Crippen LogP contribution in [0.25, 0.3) is 11.0 Å². The maximum atomic E-state index is 13.8. The summed E-state index contributed by atoms with van der Waals surface area (Å²) < 4.78 is 17.9. The van der Waals surface area contributed by atoms with Crippen LogP contribution >= 0.6 is 15.9 Å². The number of furan rings is 1. The van der Waals surface area contributed by atoms with Gasteiger partial charge in [0.1, 0.15) is 17.1 Å². The summed E-state index contributed by atoms with van der Waals surface area (Å²) in [5.41, 5.74) is 1.57. The minimum Gasteiger partial charge on any atom is -0.503 e. The van der Waals surface area contributed by atoms with Crippen molar-refractivity contribution in [3.8, 4) is 11.5 Å². The molecule has 0 saturated carbocycles. The first-order valence-corrected chi connectivity index (χ1v) is 12.7. The van der Waals surface area contributed by atoms with E-state index < -0.39 is 23.5 Å². The lowest BCUT2D eigenvalue weighted by atomic mass is 9.94. The second-order valence-corrected chi connectivity index (χ2v) is 9.31. The van der Waals surface area contributed by atoms with Crippen LogP contribution in [0.4, 0.5) is 5.69 Å². The Kier molecular flexibility index (Phi) is 6.76. The quantitative estimate of drug-likeness (QED) is 0.238. The molecular formula is C29H24BrNO6. The Bertz CT molecular complexity index is 1520. The highest BCUT2D eigenvalue weighted by Gasteiger charge is 2.45. The number of amides is 1. The summed E-state index contributed by atoms with van der Waals surface area (Å²) in [6, 6.07) is 20.2. The molecule has 1 N–H and O–H groups in total. The lowest BCUT2D eigenvalue weighted by molar-refractivity contribution is -0.117. The molecule has 0 aliphatic carbocycles. The Morgan fingerprint density at radius 3 is 2.43 bits per heavy atom. The number of rotatable bonds is 8. The van der Waals surface area contributed by atoms with Crippen LogP contribution in [-0.2, 0) is 4.79 Å². The van der Waals surface area contributed by atoms with Gasteiger partial charge in [0, 0.05) is 15.5 Å². The maximum absolute atomic E-state index is 13.8. The molecule has 0 bridgehead atoms. The highest BCUT2D eigenvalue weighted by Crippen LogP contribution is 2.43. The molecule has 0 fully saturated rings. The van der Waals surface area contributed by atoms with Crippen molar-refractivity contribution in [3.05, 3.63) is 99.9 Å². The zero-order chi connectivity index (χ0) is 26.1. The van der Waals surface area contributed by atoms with Crippen LogP contribution in [0, 0.1) is 0 Å². The molecule has 1 atom stereocenters. The van der Waals surface area contributed by atoms with Crippen molar-refractivity contribution < 1.29 is 28.6 Å². The zero-order valence-electron chi connectivity index (χ0n) is 20.2. The molecule has 2 heterocycles. The van der Waals surface area contributed by atoms with Crippen molar-refractivity contribution in [1.29, 1.82) is 0 Å². The van der Waals surface area contributed by atoms with Crippen LogP contribution < -0.4 is 14.4 Å². The Hall–Kier alpha value is -4.04. The van der Waals surface area contributed by atoms with E-state index in [4.69, 9.17) is 13.9 Å². The Labute approximate surface area is 222 Å². The number of hydrogen-bond acceptors (Lipinski definition) is 6. The summed E-state index contributed by atoms with van der Waals surface area (Å²) in [6.45, 7) is 4.72. The number of carbonyl (C=O) groups is 2. The normalized spacial score (nSPS) is 15.5. The molecule has 188 valence electrons. The monoisotopic (exact) mass is 561 g/mol. The third-order valence-electron chi connectivity index (χ3n) is 6.07. The Morgan fingerprint density at radius 2 is 1.70 bits per heavy atom. The number of nitrogens with zero attached hydrogens (tertiary/aromatic N) is 1. The summed E-state index contributed by atoms with van der Waals surface area (Å²) in [5.74, 6) is -0.605. The first-order valence-electron chi connectivity index (χ1n) is 11.9. The Balaban J connectivity index is 1.63. The average Bonchev–Trinajstić information content (AvgIpc) is 3.43. The third-order valence-corrected chi connectivity index (χ3v) is 6.56. The molecule has 8 heteroatoms. The van der Waals surface area contributed by atoms with Gasteiger partial charge in [0.05, 0.1) is 24.8 Å². The van der Waals surface area contributed by atoms with Gasteiger partial charge in [-0.1, -0.05) is 28.1 Å². The van der Waals surface area contributed by atoms with E-state index in [0.717, 1.165) is 9.86 Å². The third kappa shape index (κ3) is 4.60. The molecule has 1 unspecified atom stereocenters. The van der Waals surface area contributed by atoms with Gasteiger partial charge in [0.2, 0.25) is 5.78 Å². The van der Waals surface area contributed by atoms with Crippen LogP contribution in [0.15, 0.2) is 93.0 Å². The molecule has 1 aromatic heterocycles. The van der Waals surface area contributed by atoms with Gasteiger partial charge in [0.25, 0.3) is 5.91 Å². The second-order valence-electron chi connectivity index (χ2n) is 8.39.